The van der Waals surface area contributed by atoms with Crippen LogP contribution in [0.25, 0.3) is 0 Å². The molecule has 2 heterocycles. The van der Waals surface area contributed by atoms with Crippen molar-refractivity contribution in [1.29, 1.82) is 0 Å². The Bertz CT molecular complexity index is 541. The van der Waals surface area contributed by atoms with Gasteiger partial charge in [-0.05, 0) is 18.7 Å². The summed E-state index contributed by atoms with van der Waals surface area (Å²) in [5, 5.41) is 2.68. The molecule has 0 aliphatic rings. The topological polar surface area (TPSA) is 72.1 Å². The van der Waals surface area contributed by atoms with Crippen molar-refractivity contribution >= 4 is 17.2 Å². The van der Waals surface area contributed by atoms with E-state index in [-0.39, 0.29) is 5.91 Å². The van der Waals surface area contributed by atoms with Gasteiger partial charge < -0.3 is 10.6 Å². The summed E-state index contributed by atoms with van der Waals surface area (Å²) >= 11 is 1.47. The van der Waals surface area contributed by atoms with Gasteiger partial charge in [-0.15, -0.1) is 11.3 Å². The number of carbonyl (C=O) groups excluding carboxylic acids is 1. The summed E-state index contributed by atoms with van der Waals surface area (Å²) in [7, 11) is 1.75. The molecule has 0 spiro atoms. The number of rotatable bonds is 5. The zero-order valence-corrected chi connectivity index (χ0v) is 11.6. The number of thiazole rings is 1. The number of pyridine rings is 1. The summed E-state index contributed by atoms with van der Waals surface area (Å²) in [5.74, 6) is -0.0924. The minimum absolute atomic E-state index is 0.0924. The Balaban J connectivity index is 2.02. The van der Waals surface area contributed by atoms with Gasteiger partial charge in [-0.2, -0.15) is 0 Å². The molecule has 2 aromatic heterocycles. The van der Waals surface area contributed by atoms with Gasteiger partial charge in [0.1, 0.15) is 5.69 Å². The monoisotopic (exact) mass is 276 g/mol. The Morgan fingerprint density at radius 2 is 2.32 bits per heavy atom. The summed E-state index contributed by atoms with van der Waals surface area (Å²) in [5.41, 5.74) is 6.81. The minimum Gasteiger partial charge on any atom is -0.334 e. The van der Waals surface area contributed by atoms with Crippen molar-refractivity contribution in [3.8, 4) is 0 Å². The van der Waals surface area contributed by atoms with Crippen LogP contribution in [0.5, 0.6) is 0 Å². The number of aromatic nitrogens is 2. The Labute approximate surface area is 116 Å². The fourth-order valence-corrected chi connectivity index (χ4v) is 2.44. The highest BCUT2D eigenvalue weighted by atomic mass is 32.1. The van der Waals surface area contributed by atoms with Gasteiger partial charge in [-0.25, -0.2) is 4.98 Å². The highest BCUT2D eigenvalue weighted by Gasteiger charge is 2.15. The molecule has 19 heavy (non-hydrogen) atoms. The Kier molecular flexibility index (Phi) is 4.59. The number of hydrogen-bond donors (Lipinski definition) is 1. The second kappa shape index (κ2) is 6.40. The molecular weight excluding hydrogens is 260 g/mol. The normalized spacial score (nSPS) is 10.4. The third kappa shape index (κ3) is 3.59. The van der Waals surface area contributed by atoms with E-state index in [9.17, 15) is 4.79 Å². The lowest BCUT2D eigenvalue weighted by molar-refractivity contribution is 0.0778. The van der Waals surface area contributed by atoms with E-state index in [0.29, 0.717) is 25.2 Å². The standard InChI is InChI=1S/C13H16N4OS/c1-17(8-10-4-2-3-7-15-10)13(18)11-9-19-12(16-11)5-6-14/h2-4,7,9H,5-6,8,14H2,1H3. The fourth-order valence-electron chi connectivity index (χ4n) is 1.65. The third-order valence-corrected chi connectivity index (χ3v) is 3.51. The zero-order chi connectivity index (χ0) is 13.7. The molecular formula is C13H16N4OS. The fraction of sp³-hybridized carbons (Fsp3) is 0.308. The highest BCUT2D eigenvalue weighted by molar-refractivity contribution is 7.09. The van der Waals surface area contributed by atoms with Crippen LogP contribution in [0.1, 0.15) is 21.2 Å². The molecule has 0 atom stereocenters. The first-order valence-electron chi connectivity index (χ1n) is 6.00. The third-order valence-electron chi connectivity index (χ3n) is 2.60. The number of hydrogen-bond acceptors (Lipinski definition) is 5. The first-order chi connectivity index (χ1) is 9.20. The van der Waals surface area contributed by atoms with Gasteiger partial charge in [0.15, 0.2) is 0 Å². The zero-order valence-electron chi connectivity index (χ0n) is 10.7. The molecule has 0 aliphatic heterocycles. The van der Waals surface area contributed by atoms with Crippen LogP contribution in [0.15, 0.2) is 29.8 Å². The molecule has 0 radical (unpaired) electrons. The molecule has 0 saturated carbocycles. The summed E-state index contributed by atoms with van der Waals surface area (Å²) in [6, 6.07) is 5.65. The van der Waals surface area contributed by atoms with E-state index in [2.05, 4.69) is 9.97 Å². The maximum Gasteiger partial charge on any atom is 0.273 e. The van der Waals surface area contributed by atoms with Gasteiger partial charge in [0.05, 0.1) is 17.2 Å². The summed E-state index contributed by atoms with van der Waals surface area (Å²) in [6.07, 6.45) is 2.43. The Morgan fingerprint density at radius 1 is 1.47 bits per heavy atom. The van der Waals surface area contributed by atoms with Crippen LogP contribution in [-0.2, 0) is 13.0 Å². The molecule has 100 valence electrons. The smallest absolute Gasteiger partial charge is 0.273 e. The Morgan fingerprint density at radius 3 is 3.00 bits per heavy atom. The SMILES string of the molecule is CN(Cc1ccccn1)C(=O)c1csc(CCN)n1. The quantitative estimate of drug-likeness (QED) is 0.893. The molecule has 0 fully saturated rings. The molecule has 6 heteroatoms. The number of nitrogens with zero attached hydrogens (tertiary/aromatic N) is 3. The summed E-state index contributed by atoms with van der Waals surface area (Å²) < 4.78 is 0. The number of carbonyl (C=O) groups is 1. The van der Waals surface area contributed by atoms with Crippen LogP contribution >= 0.6 is 11.3 Å². The molecule has 0 unspecified atom stereocenters. The first-order valence-corrected chi connectivity index (χ1v) is 6.88. The van der Waals surface area contributed by atoms with Crippen LogP contribution in [0.4, 0.5) is 0 Å². The van der Waals surface area contributed by atoms with Crippen molar-refractivity contribution in [2.75, 3.05) is 13.6 Å². The summed E-state index contributed by atoms with van der Waals surface area (Å²) in [4.78, 5) is 22.3. The molecule has 5 nitrogen and oxygen atoms in total. The van der Waals surface area contributed by atoms with Crippen LogP contribution < -0.4 is 5.73 Å². The lowest BCUT2D eigenvalue weighted by atomic mass is 10.3. The Hall–Kier alpha value is -1.79. The number of amides is 1. The molecule has 0 saturated heterocycles. The molecule has 0 aliphatic carbocycles. The van der Waals surface area contributed by atoms with E-state index < -0.39 is 0 Å². The van der Waals surface area contributed by atoms with Crippen LogP contribution in [0.2, 0.25) is 0 Å². The summed E-state index contributed by atoms with van der Waals surface area (Å²) in [6.45, 7) is 1.02. The maximum atomic E-state index is 12.2. The lowest BCUT2D eigenvalue weighted by Gasteiger charge is -2.15. The van der Waals surface area contributed by atoms with Gasteiger partial charge in [-0.1, -0.05) is 6.07 Å². The van der Waals surface area contributed by atoms with E-state index in [1.807, 2.05) is 18.2 Å². The van der Waals surface area contributed by atoms with Crippen LogP contribution in [0.3, 0.4) is 0 Å². The van der Waals surface area contributed by atoms with Gasteiger partial charge in [-0.3, -0.25) is 9.78 Å². The molecule has 2 rings (SSSR count). The van der Waals surface area contributed by atoms with E-state index >= 15 is 0 Å². The average molecular weight is 276 g/mol. The average Bonchev–Trinajstić information content (AvgIpc) is 2.88. The van der Waals surface area contributed by atoms with Gasteiger partial charge in [0, 0.05) is 25.0 Å². The molecule has 2 aromatic rings. The van der Waals surface area contributed by atoms with E-state index in [4.69, 9.17) is 5.73 Å². The molecule has 1 amide bonds. The van der Waals surface area contributed by atoms with Crippen LogP contribution in [0, 0.1) is 0 Å². The van der Waals surface area contributed by atoms with Crippen molar-refractivity contribution in [2.24, 2.45) is 5.73 Å². The van der Waals surface area contributed by atoms with Crippen molar-refractivity contribution in [3.05, 3.63) is 46.2 Å². The maximum absolute atomic E-state index is 12.2. The van der Waals surface area contributed by atoms with E-state index in [0.717, 1.165) is 10.7 Å². The number of nitrogens with two attached hydrogens (primary N) is 1. The van der Waals surface area contributed by atoms with Crippen molar-refractivity contribution in [2.45, 2.75) is 13.0 Å². The predicted octanol–water partition coefficient (Wildman–Crippen LogP) is 1.31. The van der Waals surface area contributed by atoms with E-state index in [1.165, 1.54) is 11.3 Å². The molecule has 2 N–H and O–H groups in total. The molecule has 0 bridgehead atoms. The largest absolute Gasteiger partial charge is 0.334 e. The van der Waals surface area contributed by atoms with Gasteiger partial charge in [0.2, 0.25) is 0 Å². The lowest BCUT2D eigenvalue weighted by Crippen LogP contribution is -2.26. The minimum atomic E-state index is -0.0924. The first kappa shape index (κ1) is 13.6. The second-order valence-corrected chi connectivity index (χ2v) is 5.09. The van der Waals surface area contributed by atoms with E-state index in [1.54, 1.807) is 23.5 Å². The van der Waals surface area contributed by atoms with Gasteiger partial charge in [0.25, 0.3) is 5.91 Å². The highest BCUT2D eigenvalue weighted by Crippen LogP contribution is 2.12. The van der Waals surface area contributed by atoms with Crippen LogP contribution in [-0.4, -0.2) is 34.4 Å². The van der Waals surface area contributed by atoms with Crippen molar-refractivity contribution < 1.29 is 4.79 Å². The second-order valence-electron chi connectivity index (χ2n) is 4.15. The molecule has 0 aromatic carbocycles. The predicted molar refractivity (Wildman–Crippen MR) is 74.9 cm³/mol. The van der Waals surface area contributed by atoms with Crippen molar-refractivity contribution in [1.82, 2.24) is 14.9 Å². The van der Waals surface area contributed by atoms with Gasteiger partial charge >= 0.3 is 0 Å². The van der Waals surface area contributed by atoms with Crippen molar-refractivity contribution in [3.63, 3.8) is 0 Å².